The molecular formula is C18H21NO3. The van der Waals surface area contributed by atoms with E-state index in [-0.39, 0.29) is 5.91 Å². The van der Waals surface area contributed by atoms with Crippen molar-refractivity contribution >= 4 is 11.6 Å². The number of hydrogen-bond acceptors (Lipinski definition) is 3. The molecule has 0 unspecified atom stereocenters. The molecule has 1 N–H and O–H groups in total. The van der Waals surface area contributed by atoms with Crippen LogP contribution in [0, 0.1) is 13.8 Å². The van der Waals surface area contributed by atoms with Gasteiger partial charge in [-0.15, -0.1) is 0 Å². The van der Waals surface area contributed by atoms with Crippen molar-refractivity contribution in [1.29, 1.82) is 0 Å². The predicted octanol–water partition coefficient (Wildman–Crippen LogP) is 3.72. The van der Waals surface area contributed by atoms with E-state index in [9.17, 15) is 4.79 Å². The minimum atomic E-state index is -0.590. The average molecular weight is 299 g/mol. The lowest BCUT2D eigenvalue weighted by molar-refractivity contribution is -0.122. The Kier molecular flexibility index (Phi) is 5.04. The lowest BCUT2D eigenvalue weighted by Crippen LogP contribution is -2.30. The summed E-state index contributed by atoms with van der Waals surface area (Å²) in [6, 6.07) is 13.0. The van der Waals surface area contributed by atoms with E-state index < -0.39 is 6.10 Å². The maximum Gasteiger partial charge on any atom is 0.265 e. The van der Waals surface area contributed by atoms with Crippen LogP contribution in [0.2, 0.25) is 0 Å². The fraction of sp³-hybridized carbons (Fsp3) is 0.278. The van der Waals surface area contributed by atoms with Crippen molar-refractivity contribution in [3.05, 3.63) is 53.6 Å². The Labute approximate surface area is 131 Å². The minimum absolute atomic E-state index is 0.202. The third-order valence-electron chi connectivity index (χ3n) is 3.50. The molecule has 22 heavy (non-hydrogen) atoms. The van der Waals surface area contributed by atoms with Crippen LogP contribution in [0.25, 0.3) is 0 Å². The second-order valence-corrected chi connectivity index (χ2v) is 5.23. The van der Waals surface area contributed by atoms with Crippen molar-refractivity contribution in [3.8, 4) is 11.5 Å². The summed E-state index contributed by atoms with van der Waals surface area (Å²) in [5.74, 6) is 1.18. The molecule has 0 radical (unpaired) electrons. The summed E-state index contributed by atoms with van der Waals surface area (Å²) in [5, 5.41) is 2.82. The van der Waals surface area contributed by atoms with Gasteiger partial charge in [0.25, 0.3) is 5.91 Å². The van der Waals surface area contributed by atoms with Gasteiger partial charge in [0.05, 0.1) is 7.11 Å². The first-order chi connectivity index (χ1) is 10.5. The van der Waals surface area contributed by atoms with Gasteiger partial charge in [-0.1, -0.05) is 12.1 Å². The number of aryl methyl sites for hydroxylation is 2. The van der Waals surface area contributed by atoms with Crippen LogP contribution in [-0.4, -0.2) is 19.1 Å². The molecule has 0 aliphatic heterocycles. The van der Waals surface area contributed by atoms with Crippen LogP contribution >= 0.6 is 0 Å². The Morgan fingerprint density at radius 2 is 1.82 bits per heavy atom. The summed E-state index contributed by atoms with van der Waals surface area (Å²) >= 11 is 0. The third-order valence-corrected chi connectivity index (χ3v) is 3.50. The van der Waals surface area contributed by atoms with Crippen molar-refractivity contribution in [2.45, 2.75) is 26.9 Å². The van der Waals surface area contributed by atoms with E-state index in [0.717, 1.165) is 5.56 Å². The fourth-order valence-corrected chi connectivity index (χ4v) is 1.99. The highest BCUT2D eigenvalue weighted by Crippen LogP contribution is 2.19. The average Bonchev–Trinajstić information content (AvgIpc) is 2.51. The van der Waals surface area contributed by atoms with Gasteiger partial charge in [-0.25, -0.2) is 0 Å². The molecule has 1 atom stereocenters. The highest BCUT2D eigenvalue weighted by molar-refractivity contribution is 5.94. The molecule has 4 nitrogen and oxygen atoms in total. The lowest BCUT2D eigenvalue weighted by Gasteiger charge is -2.16. The summed E-state index contributed by atoms with van der Waals surface area (Å²) in [4.78, 5) is 12.2. The molecule has 0 aliphatic rings. The summed E-state index contributed by atoms with van der Waals surface area (Å²) in [6.07, 6.45) is -0.590. The zero-order chi connectivity index (χ0) is 16.1. The monoisotopic (exact) mass is 299 g/mol. The Balaban J connectivity index is 2.00. The van der Waals surface area contributed by atoms with Gasteiger partial charge >= 0.3 is 0 Å². The van der Waals surface area contributed by atoms with Gasteiger partial charge in [0.1, 0.15) is 11.5 Å². The number of hydrogen-bond donors (Lipinski definition) is 1. The molecule has 0 aliphatic carbocycles. The molecule has 2 aromatic rings. The molecule has 0 aromatic heterocycles. The van der Waals surface area contributed by atoms with Crippen LogP contribution < -0.4 is 14.8 Å². The zero-order valence-electron chi connectivity index (χ0n) is 13.3. The second kappa shape index (κ2) is 6.98. The fourth-order valence-electron chi connectivity index (χ4n) is 1.99. The van der Waals surface area contributed by atoms with Gasteiger partial charge in [-0.2, -0.15) is 0 Å². The summed E-state index contributed by atoms with van der Waals surface area (Å²) < 4.78 is 10.8. The molecular weight excluding hydrogens is 278 g/mol. The van der Waals surface area contributed by atoms with Crippen molar-refractivity contribution in [3.63, 3.8) is 0 Å². The van der Waals surface area contributed by atoms with E-state index in [4.69, 9.17) is 9.47 Å². The SMILES string of the molecule is COc1cccc(NC(=O)[C@@H](C)Oc2ccc(C)c(C)c2)c1. The van der Waals surface area contributed by atoms with E-state index in [1.165, 1.54) is 5.56 Å². The Morgan fingerprint density at radius 3 is 2.50 bits per heavy atom. The molecule has 116 valence electrons. The van der Waals surface area contributed by atoms with Crippen LogP contribution in [0.4, 0.5) is 5.69 Å². The number of methoxy groups -OCH3 is 1. The number of amides is 1. The Hall–Kier alpha value is -2.49. The van der Waals surface area contributed by atoms with Crippen LogP contribution in [-0.2, 0) is 4.79 Å². The van der Waals surface area contributed by atoms with E-state index in [1.54, 1.807) is 20.1 Å². The van der Waals surface area contributed by atoms with Crippen LogP contribution in [0.1, 0.15) is 18.1 Å². The number of anilines is 1. The third kappa shape index (κ3) is 4.01. The van der Waals surface area contributed by atoms with Crippen molar-refractivity contribution in [2.24, 2.45) is 0 Å². The Morgan fingerprint density at radius 1 is 1.05 bits per heavy atom. The van der Waals surface area contributed by atoms with E-state index in [0.29, 0.717) is 17.2 Å². The van der Waals surface area contributed by atoms with Gasteiger partial charge in [0.2, 0.25) is 0 Å². The van der Waals surface area contributed by atoms with Crippen molar-refractivity contribution in [1.82, 2.24) is 0 Å². The summed E-state index contributed by atoms with van der Waals surface area (Å²) in [5.41, 5.74) is 3.01. The summed E-state index contributed by atoms with van der Waals surface area (Å²) in [6.45, 7) is 5.78. The first kappa shape index (κ1) is 15.9. The highest BCUT2D eigenvalue weighted by Gasteiger charge is 2.15. The zero-order valence-corrected chi connectivity index (χ0v) is 13.3. The molecule has 0 bridgehead atoms. The number of nitrogens with one attached hydrogen (secondary N) is 1. The summed E-state index contributed by atoms with van der Waals surface area (Å²) in [7, 11) is 1.59. The number of ether oxygens (including phenoxy) is 2. The number of rotatable bonds is 5. The standard InChI is InChI=1S/C18H21NO3/c1-12-8-9-17(10-13(12)2)22-14(3)18(20)19-15-6-5-7-16(11-15)21-4/h5-11,14H,1-4H3,(H,19,20)/t14-/m1/s1. The quantitative estimate of drug-likeness (QED) is 0.915. The maximum absolute atomic E-state index is 12.2. The molecule has 0 spiro atoms. The predicted molar refractivity (Wildman–Crippen MR) is 87.6 cm³/mol. The number of carbonyl (C=O) groups is 1. The number of benzene rings is 2. The van der Waals surface area contributed by atoms with Crippen LogP contribution in [0.5, 0.6) is 11.5 Å². The lowest BCUT2D eigenvalue weighted by atomic mass is 10.1. The normalized spacial score (nSPS) is 11.6. The van der Waals surface area contributed by atoms with Gasteiger partial charge in [-0.05, 0) is 56.2 Å². The number of carbonyl (C=O) groups excluding carboxylic acids is 1. The second-order valence-electron chi connectivity index (χ2n) is 5.23. The molecule has 0 saturated heterocycles. The van der Waals surface area contributed by atoms with Crippen LogP contribution in [0.15, 0.2) is 42.5 Å². The van der Waals surface area contributed by atoms with Gasteiger partial charge in [-0.3, -0.25) is 4.79 Å². The smallest absolute Gasteiger partial charge is 0.265 e. The highest BCUT2D eigenvalue weighted by atomic mass is 16.5. The maximum atomic E-state index is 12.2. The minimum Gasteiger partial charge on any atom is -0.497 e. The largest absolute Gasteiger partial charge is 0.497 e. The van der Waals surface area contributed by atoms with E-state index in [2.05, 4.69) is 5.32 Å². The first-order valence-corrected chi connectivity index (χ1v) is 7.18. The molecule has 0 fully saturated rings. The van der Waals surface area contributed by atoms with Crippen molar-refractivity contribution < 1.29 is 14.3 Å². The molecule has 0 heterocycles. The molecule has 2 aromatic carbocycles. The van der Waals surface area contributed by atoms with Crippen LogP contribution in [0.3, 0.4) is 0 Å². The van der Waals surface area contributed by atoms with E-state index in [1.807, 2.05) is 50.2 Å². The topological polar surface area (TPSA) is 47.6 Å². The van der Waals surface area contributed by atoms with Crippen molar-refractivity contribution in [2.75, 3.05) is 12.4 Å². The molecule has 0 saturated carbocycles. The Bertz CT molecular complexity index is 667. The molecule has 1 amide bonds. The molecule has 2 rings (SSSR count). The van der Waals surface area contributed by atoms with Gasteiger partial charge in [0, 0.05) is 11.8 Å². The van der Waals surface area contributed by atoms with Gasteiger partial charge < -0.3 is 14.8 Å². The van der Waals surface area contributed by atoms with E-state index >= 15 is 0 Å². The van der Waals surface area contributed by atoms with Gasteiger partial charge in [0.15, 0.2) is 6.10 Å². The molecule has 4 heteroatoms. The first-order valence-electron chi connectivity index (χ1n) is 7.18.